The van der Waals surface area contributed by atoms with E-state index in [4.69, 9.17) is 0 Å². The molecule has 4 rings (SSSR count). The van der Waals surface area contributed by atoms with E-state index in [-0.39, 0.29) is 42.9 Å². The predicted octanol–water partition coefficient (Wildman–Crippen LogP) is 2.29. The fourth-order valence-corrected chi connectivity index (χ4v) is 5.81. The number of hydrogen-bond donors (Lipinski definition) is 1. The normalized spacial score (nSPS) is 18.5. The Bertz CT molecular complexity index is 1140. The molecule has 1 amide bonds. The Balaban J connectivity index is 1.31. The van der Waals surface area contributed by atoms with E-state index in [1.165, 1.54) is 10.6 Å². The van der Waals surface area contributed by atoms with Gasteiger partial charge >= 0.3 is 6.18 Å². The summed E-state index contributed by atoms with van der Waals surface area (Å²) < 4.78 is 65.3. The second-order valence-electron chi connectivity index (χ2n) is 8.52. The Morgan fingerprint density at radius 1 is 1.00 bits per heavy atom. The quantitative estimate of drug-likeness (QED) is 0.656. The van der Waals surface area contributed by atoms with Gasteiger partial charge in [0.25, 0.3) is 0 Å². The lowest BCUT2D eigenvalue weighted by molar-refractivity contribution is -0.138. The predicted molar refractivity (Wildman–Crippen MR) is 123 cm³/mol. The molecule has 2 fully saturated rings. The number of aromatic nitrogens is 2. The van der Waals surface area contributed by atoms with Gasteiger partial charge in [-0.3, -0.25) is 4.79 Å². The Morgan fingerprint density at radius 3 is 2.20 bits per heavy atom. The van der Waals surface area contributed by atoms with Crippen LogP contribution in [0.2, 0.25) is 0 Å². The Labute approximate surface area is 202 Å². The van der Waals surface area contributed by atoms with Gasteiger partial charge in [-0.1, -0.05) is 0 Å². The van der Waals surface area contributed by atoms with Crippen LogP contribution in [0.25, 0.3) is 0 Å². The van der Waals surface area contributed by atoms with E-state index in [0.29, 0.717) is 25.9 Å². The van der Waals surface area contributed by atoms with Crippen LogP contribution in [0.4, 0.5) is 24.8 Å². The molecule has 0 bridgehead atoms. The Hall–Kier alpha value is -2.93. The second-order valence-corrected chi connectivity index (χ2v) is 10.5. The van der Waals surface area contributed by atoms with E-state index in [2.05, 4.69) is 20.2 Å². The van der Waals surface area contributed by atoms with Crippen LogP contribution in [0.3, 0.4) is 0 Å². The molecule has 2 aliphatic heterocycles. The molecule has 1 N–H and O–H groups in total. The van der Waals surface area contributed by atoms with Crippen molar-refractivity contribution in [1.29, 1.82) is 0 Å². The van der Waals surface area contributed by atoms with Crippen molar-refractivity contribution in [2.75, 3.05) is 56.5 Å². The number of hydrogen-bond acceptors (Lipinski definition) is 7. The molecule has 2 aromatic rings. The minimum atomic E-state index is -4.53. The van der Waals surface area contributed by atoms with E-state index in [1.54, 1.807) is 11.9 Å². The molecule has 0 atom stereocenters. The smallest absolute Gasteiger partial charge is 0.373 e. The summed E-state index contributed by atoms with van der Waals surface area (Å²) in [6.07, 6.45) is -1.70. The number of benzene rings is 1. The van der Waals surface area contributed by atoms with Crippen LogP contribution in [0, 0.1) is 5.92 Å². The van der Waals surface area contributed by atoms with Crippen molar-refractivity contribution in [3.63, 3.8) is 0 Å². The van der Waals surface area contributed by atoms with Crippen molar-refractivity contribution in [1.82, 2.24) is 19.2 Å². The van der Waals surface area contributed by atoms with Crippen molar-refractivity contribution < 1.29 is 26.4 Å². The standard InChI is InChI=1S/C22H27F3N6O3S/c1-26-19-14-20(28-15-27-19)29-8-6-16(7-9-29)21(32)30-10-12-31(13-11-30)35(33,34)18-4-2-17(3-5-18)22(23,24)25/h2-5,14-16H,6-13H2,1H3,(H,26,27,28). The van der Waals surface area contributed by atoms with Gasteiger partial charge in [-0.2, -0.15) is 17.5 Å². The van der Waals surface area contributed by atoms with Gasteiger partial charge in [0.2, 0.25) is 15.9 Å². The third kappa shape index (κ3) is 5.50. The zero-order chi connectivity index (χ0) is 25.2. The first kappa shape index (κ1) is 25.2. The maximum absolute atomic E-state index is 13.1. The number of anilines is 2. The van der Waals surface area contributed by atoms with Crippen molar-refractivity contribution in [3.8, 4) is 0 Å². The number of rotatable bonds is 5. The number of alkyl halides is 3. The molecule has 1 aromatic heterocycles. The van der Waals surface area contributed by atoms with Crippen LogP contribution < -0.4 is 10.2 Å². The maximum Gasteiger partial charge on any atom is 0.416 e. The summed E-state index contributed by atoms with van der Waals surface area (Å²) in [4.78, 5) is 25.1. The van der Waals surface area contributed by atoms with Crippen LogP contribution in [0.15, 0.2) is 41.6 Å². The molecule has 13 heteroatoms. The van der Waals surface area contributed by atoms with Crippen LogP contribution in [0.5, 0.6) is 0 Å². The molecule has 2 aliphatic rings. The van der Waals surface area contributed by atoms with Crippen LogP contribution in [-0.4, -0.2) is 79.8 Å². The summed E-state index contributed by atoms with van der Waals surface area (Å²) in [6, 6.07) is 5.33. The lowest BCUT2D eigenvalue weighted by Crippen LogP contribution is -2.52. The molecule has 0 aliphatic carbocycles. The van der Waals surface area contributed by atoms with E-state index >= 15 is 0 Å². The average Bonchev–Trinajstić information content (AvgIpc) is 2.88. The van der Waals surface area contributed by atoms with Crippen LogP contribution >= 0.6 is 0 Å². The van der Waals surface area contributed by atoms with Crippen molar-refractivity contribution in [2.45, 2.75) is 23.9 Å². The highest BCUT2D eigenvalue weighted by Gasteiger charge is 2.35. The molecule has 2 saturated heterocycles. The first-order chi connectivity index (χ1) is 16.6. The highest BCUT2D eigenvalue weighted by Crippen LogP contribution is 2.30. The second kappa shape index (κ2) is 9.97. The van der Waals surface area contributed by atoms with E-state index < -0.39 is 21.8 Å². The minimum absolute atomic E-state index is 0.00910. The average molecular weight is 513 g/mol. The molecule has 35 heavy (non-hydrogen) atoms. The van der Waals surface area contributed by atoms with Gasteiger partial charge in [0.1, 0.15) is 18.0 Å². The van der Waals surface area contributed by atoms with Crippen molar-refractivity contribution in [3.05, 3.63) is 42.2 Å². The number of nitrogens with one attached hydrogen (secondary N) is 1. The molecule has 0 spiro atoms. The zero-order valence-electron chi connectivity index (χ0n) is 19.2. The van der Waals surface area contributed by atoms with Gasteiger partial charge < -0.3 is 15.1 Å². The lowest BCUT2D eigenvalue weighted by atomic mass is 9.95. The molecule has 3 heterocycles. The summed E-state index contributed by atoms with van der Waals surface area (Å²) >= 11 is 0. The monoisotopic (exact) mass is 512 g/mol. The van der Waals surface area contributed by atoms with E-state index in [9.17, 15) is 26.4 Å². The third-order valence-corrected chi connectivity index (χ3v) is 8.36. The number of nitrogens with zero attached hydrogens (tertiary/aromatic N) is 5. The SMILES string of the molecule is CNc1cc(N2CCC(C(=O)N3CCN(S(=O)(=O)c4ccc(C(F)(F)F)cc4)CC3)CC2)ncn1. The maximum atomic E-state index is 13.1. The number of piperazine rings is 1. The van der Waals surface area contributed by atoms with Gasteiger partial charge in [-0.05, 0) is 37.1 Å². The highest BCUT2D eigenvalue weighted by molar-refractivity contribution is 7.89. The molecular formula is C22H27F3N6O3S. The highest BCUT2D eigenvalue weighted by atomic mass is 32.2. The van der Waals surface area contributed by atoms with E-state index in [0.717, 1.165) is 35.9 Å². The number of sulfonamides is 1. The van der Waals surface area contributed by atoms with Crippen LogP contribution in [0.1, 0.15) is 18.4 Å². The lowest BCUT2D eigenvalue weighted by Gasteiger charge is -2.38. The van der Waals surface area contributed by atoms with Gasteiger partial charge in [0.15, 0.2) is 0 Å². The summed E-state index contributed by atoms with van der Waals surface area (Å²) in [5, 5.41) is 2.98. The molecule has 0 saturated carbocycles. The summed E-state index contributed by atoms with van der Waals surface area (Å²) in [6.45, 7) is 2.05. The van der Waals surface area contributed by atoms with Gasteiger partial charge in [0.05, 0.1) is 10.5 Å². The molecular weight excluding hydrogens is 485 g/mol. The minimum Gasteiger partial charge on any atom is -0.373 e. The molecule has 1 aromatic carbocycles. The molecule has 0 radical (unpaired) electrons. The zero-order valence-corrected chi connectivity index (χ0v) is 20.0. The fourth-order valence-electron chi connectivity index (χ4n) is 4.38. The largest absolute Gasteiger partial charge is 0.416 e. The van der Waals surface area contributed by atoms with Gasteiger partial charge in [0, 0.05) is 58.3 Å². The molecule has 0 unspecified atom stereocenters. The number of carbonyl (C=O) groups excluding carboxylic acids is 1. The first-order valence-corrected chi connectivity index (χ1v) is 12.7. The van der Waals surface area contributed by atoms with Crippen molar-refractivity contribution >= 4 is 27.6 Å². The molecule has 190 valence electrons. The Kier molecular flexibility index (Phi) is 7.17. The number of halogens is 3. The first-order valence-electron chi connectivity index (χ1n) is 11.3. The fraction of sp³-hybridized carbons (Fsp3) is 0.500. The van der Waals surface area contributed by atoms with Crippen LogP contribution in [-0.2, 0) is 21.0 Å². The number of piperidine rings is 1. The topological polar surface area (TPSA) is 98.7 Å². The summed E-state index contributed by atoms with van der Waals surface area (Å²) in [5.41, 5.74) is -0.903. The summed E-state index contributed by atoms with van der Waals surface area (Å²) in [5.74, 6) is 1.39. The number of amides is 1. The Morgan fingerprint density at radius 2 is 1.63 bits per heavy atom. The van der Waals surface area contributed by atoms with Gasteiger partial charge in [-0.15, -0.1) is 0 Å². The summed E-state index contributed by atoms with van der Waals surface area (Å²) in [7, 11) is -2.15. The number of carbonyl (C=O) groups is 1. The van der Waals surface area contributed by atoms with Crippen molar-refractivity contribution in [2.24, 2.45) is 5.92 Å². The van der Waals surface area contributed by atoms with E-state index in [1.807, 2.05) is 6.07 Å². The van der Waals surface area contributed by atoms with Gasteiger partial charge in [-0.25, -0.2) is 18.4 Å². The molecule has 9 nitrogen and oxygen atoms in total. The third-order valence-electron chi connectivity index (χ3n) is 6.45.